The second-order valence-corrected chi connectivity index (χ2v) is 4.58. The summed E-state index contributed by atoms with van der Waals surface area (Å²) in [5, 5.41) is 6.64. The van der Waals surface area contributed by atoms with Crippen molar-refractivity contribution in [2.24, 2.45) is 5.92 Å². The largest absolute Gasteiger partial charge is 0.386 e. The van der Waals surface area contributed by atoms with Crippen LogP contribution in [0.4, 0.5) is 0 Å². The molecule has 2 N–H and O–H groups in total. The molecule has 0 bridgehead atoms. The molecular weight excluding hydrogens is 208 g/mol. The van der Waals surface area contributed by atoms with Gasteiger partial charge in [0.1, 0.15) is 0 Å². The third-order valence-electron chi connectivity index (χ3n) is 2.81. The van der Waals surface area contributed by atoms with E-state index in [9.17, 15) is 0 Å². The van der Waals surface area contributed by atoms with E-state index in [1.54, 1.807) is 0 Å². The molecule has 98 valence electrons. The first-order valence-electron chi connectivity index (χ1n) is 6.57. The zero-order valence-electron chi connectivity index (χ0n) is 11.8. The number of hydrogen-bond acceptors (Lipinski definition) is 2. The van der Waals surface area contributed by atoms with Gasteiger partial charge in [-0.25, -0.2) is 0 Å². The van der Waals surface area contributed by atoms with Crippen molar-refractivity contribution in [1.82, 2.24) is 10.6 Å². The molecule has 0 aromatic heterocycles. The van der Waals surface area contributed by atoms with Gasteiger partial charge in [-0.2, -0.15) is 0 Å². The van der Waals surface area contributed by atoms with Crippen LogP contribution in [0.5, 0.6) is 0 Å². The molecular formula is C15H28N2. The Morgan fingerprint density at radius 3 is 2.41 bits per heavy atom. The van der Waals surface area contributed by atoms with Gasteiger partial charge in [-0.05, 0) is 31.8 Å². The normalized spacial score (nSPS) is 14.4. The monoisotopic (exact) mass is 236 g/mol. The Hall–Kier alpha value is -1.18. The highest BCUT2D eigenvalue weighted by Crippen LogP contribution is 2.09. The van der Waals surface area contributed by atoms with Gasteiger partial charge in [-0.3, -0.25) is 0 Å². The Kier molecular flexibility index (Phi) is 8.29. The Bertz CT molecular complexity index is 266. The average Bonchev–Trinajstić information content (AvgIpc) is 2.32. The zero-order valence-corrected chi connectivity index (χ0v) is 11.8. The number of allylic oxidation sites excluding steroid dienone is 2. The van der Waals surface area contributed by atoms with E-state index in [1.165, 1.54) is 0 Å². The van der Waals surface area contributed by atoms with E-state index in [4.69, 9.17) is 0 Å². The van der Waals surface area contributed by atoms with Crippen LogP contribution in [0.25, 0.3) is 0 Å². The van der Waals surface area contributed by atoms with E-state index in [1.807, 2.05) is 6.08 Å². The molecule has 0 saturated heterocycles. The molecule has 0 fully saturated rings. The molecule has 0 amide bonds. The first-order valence-corrected chi connectivity index (χ1v) is 6.57. The van der Waals surface area contributed by atoms with Crippen molar-refractivity contribution in [1.29, 1.82) is 0 Å². The maximum atomic E-state index is 4.06. The van der Waals surface area contributed by atoms with Crippen LogP contribution < -0.4 is 10.6 Å². The predicted molar refractivity (Wildman–Crippen MR) is 77.8 cm³/mol. The van der Waals surface area contributed by atoms with E-state index in [0.29, 0.717) is 5.92 Å². The lowest BCUT2D eigenvalue weighted by Crippen LogP contribution is -2.26. The third kappa shape index (κ3) is 7.67. The van der Waals surface area contributed by atoms with Gasteiger partial charge >= 0.3 is 0 Å². The maximum Gasteiger partial charge on any atom is 0.0416 e. The molecule has 0 aliphatic carbocycles. The fraction of sp³-hybridized carbons (Fsp3) is 0.600. The number of hydrogen-bond donors (Lipinski definition) is 2. The third-order valence-corrected chi connectivity index (χ3v) is 2.81. The van der Waals surface area contributed by atoms with Crippen LogP contribution in [0.15, 0.2) is 36.7 Å². The van der Waals surface area contributed by atoms with Gasteiger partial charge < -0.3 is 10.6 Å². The van der Waals surface area contributed by atoms with Gasteiger partial charge in [0.25, 0.3) is 0 Å². The van der Waals surface area contributed by atoms with Crippen LogP contribution in [0.3, 0.4) is 0 Å². The van der Waals surface area contributed by atoms with Crippen molar-refractivity contribution in [2.75, 3.05) is 6.54 Å². The average molecular weight is 236 g/mol. The van der Waals surface area contributed by atoms with E-state index in [2.05, 4.69) is 57.6 Å². The summed E-state index contributed by atoms with van der Waals surface area (Å²) >= 11 is 0. The predicted octanol–water partition coefficient (Wildman–Crippen LogP) is 3.59. The van der Waals surface area contributed by atoms with Gasteiger partial charge in [0.2, 0.25) is 0 Å². The van der Waals surface area contributed by atoms with Crippen LogP contribution in [0.1, 0.15) is 40.5 Å². The molecule has 2 heteroatoms. The molecule has 0 aliphatic rings. The maximum absolute atomic E-state index is 4.06. The van der Waals surface area contributed by atoms with Crippen LogP contribution in [0, 0.1) is 5.92 Å². The topological polar surface area (TPSA) is 24.1 Å². The summed E-state index contributed by atoms with van der Waals surface area (Å²) in [6.07, 6.45) is 6.37. The number of nitrogens with one attached hydrogen (secondary N) is 2. The Balaban J connectivity index is 4.00. The molecule has 2 atom stereocenters. The molecule has 17 heavy (non-hydrogen) atoms. The quantitative estimate of drug-likeness (QED) is 0.598. The Labute approximate surface area is 107 Å². The highest BCUT2D eigenvalue weighted by atomic mass is 14.9. The molecule has 0 rings (SSSR count). The second kappa shape index (κ2) is 8.91. The standard InChI is InChI=1S/C15H28N2/c1-7-11-16-13(4)9-10-14(5)17-15(6)12(3)8-2/h9-10,12,14,16-17H,4,6-8,11H2,1-3,5H3/b10-9+. The summed E-state index contributed by atoms with van der Waals surface area (Å²) in [5.74, 6) is 0.521. The van der Waals surface area contributed by atoms with E-state index < -0.39 is 0 Å². The Morgan fingerprint density at radius 2 is 1.88 bits per heavy atom. The smallest absolute Gasteiger partial charge is 0.0416 e. The van der Waals surface area contributed by atoms with Crippen LogP contribution >= 0.6 is 0 Å². The summed E-state index contributed by atoms with van der Waals surface area (Å²) in [7, 11) is 0. The molecule has 0 heterocycles. The van der Waals surface area contributed by atoms with Gasteiger partial charge in [0.15, 0.2) is 0 Å². The van der Waals surface area contributed by atoms with Gasteiger partial charge in [-0.15, -0.1) is 0 Å². The van der Waals surface area contributed by atoms with Crippen molar-refractivity contribution >= 4 is 0 Å². The van der Waals surface area contributed by atoms with Crippen molar-refractivity contribution in [2.45, 2.75) is 46.6 Å². The molecule has 2 nitrogen and oxygen atoms in total. The SMILES string of the molecule is C=C(/C=C/C(C)NC(=C)C(C)CC)NCCC. The van der Waals surface area contributed by atoms with Crippen molar-refractivity contribution < 1.29 is 0 Å². The molecule has 0 spiro atoms. The highest BCUT2D eigenvalue weighted by molar-refractivity contribution is 5.15. The molecule has 0 radical (unpaired) electrons. The minimum Gasteiger partial charge on any atom is -0.386 e. The fourth-order valence-electron chi connectivity index (χ4n) is 1.33. The van der Waals surface area contributed by atoms with Gasteiger partial charge in [-0.1, -0.05) is 40.0 Å². The second-order valence-electron chi connectivity index (χ2n) is 4.58. The minimum atomic E-state index is 0.289. The fourth-order valence-corrected chi connectivity index (χ4v) is 1.33. The van der Waals surface area contributed by atoms with E-state index in [-0.39, 0.29) is 6.04 Å². The summed E-state index contributed by atoms with van der Waals surface area (Å²) < 4.78 is 0. The van der Waals surface area contributed by atoms with E-state index >= 15 is 0 Å². The van der Waals surface area contributed by atoms with Crippen molar-refractivity contribution in [3.05, 3.63) is 36.7 Å². The molecule has 0 saturated carbocycles. The lowest BCUT2D eigenvalue weighted by atomic mass is 10.1. The van der Waals surface area contributed by atoms with Gasteiger partial charge in [0, 0.05) is 24.0 Å². The van der Waals surface area contributed by atoms with Crippen molar-refractivity contribution in [3.63, 3.8) is 0 Å². The minimum absolute atomic E-state index is 0.289. The molecule has 2 unspecified atom stereocenters. The van der Waals surface area contributed by atoms with Crippen LogP contribution in [-0.2, 0) is 0 Å². The first kappa shape index (κ1) is 15.8. The highest BCUT2D eigenvalue weighted by Gasteiger charge is 2.05. The summed E-state index contributed by atoms with van der Waals surface area (Å²) in [5.41, 5.74) is 2.08. The lowest BCUT2D eigenvalue weighted by molar-refractivity contribution is 0.570. The number of rotatable bonds is 9. The summed E-state index contributed by atoms with van der Waals surface area (Å²) in [4.78, 5) is 0. The molecule has 0 aromatic rings. The Morgan fingerprint density at radius 1 is 1.24 bits per heavy atom. The first-order chi connectivity index (χ1) is 8.01. The lowest BCUT2D eigenvalue weighted by Gasteiger charge is -2.18. The summed E-state index contributed by atoms with van der Waals surface area (Å²) in [6.45, 7) is 17.6. The molecule has 0 aliphatic heterocycles. The zero-order chi connectivity index (χ0) is 13.3. The van der Waals surface area contributed by atoms with Crippen LogP contribution in [0.2, 0.25) is 0 Å². The van der Waals surface area contributed by atoms with E-state index in [0.717, 1.165) is 30.8 Å². The van der Waals surface area contributed by atoms with Crippen LogP contribution in [-0.4, -0.2) is 12.6 Å². The molecule has 0 aromatic carbocycles. The van der Waals surface area contributed by atoms with Gasteiger partial charge in [0.05, 0.1) is 0 Å². The van der Waals surface area contributed by atoms with Crippen molar-refractivity contribution in [3.8, 4) is 0 Å². The summed E-state index contributed by atoms with van der Waals surface area (Å²) in [6, 6.07) is 0.289.